The molecule has 1 aliphatic carbocycles. The van der Waals surface area contributed by atoms with Gasteiger partial charge in [-0.15, -0.1) is 0 Å². The van der Waals surface area contributed by atoms with Crippen LogP contribution in [0.25, 0.3) is 0 Å². The highest BCUT2D eigenvalue weighted by Gasteiger charge is 2.25. The van der Waals surface area contributed by atoms with E-state index in [-0.39, 0.29) is 0 Å². The summed E-state index contributed by atoms with van der Waals surface area (Å²) in [4.78, 5) is 0. The lowest BCUT2D eigenvalue weighted by Crippen LogP contribution is -2.29. The van der Waals surface area contributed by atoms with Crippen molar-refractivity contribution in [1.82, 2.24) is 0 Å². The van der Waals surface area contributed by atoms with Crippen molar-refractivity contribution < 1.29 is 4.43 Å². The molecule has 2 heteroatoms. The third-order valence-electron chi connectivity index (χ3n) is 2.95. The molecule has 1 fully saturated rings. The molecule has 0 spiro atoms. The summed E-state index contributed by atoms with van der Waals surface area (Å²) in [5.41, 5.74) is 0. The zero-order valence-corrected chi connectivity index (χ0v) is 9.76. The number of hydrogen-bond acceptors (Lipinski definition) is 1. The van der Waals surface area contributed by atoms with E-state index in [0.29, 0.717) is 6.10 Å². The fourth-order valence-corrected chi connectivity index (χ4v) is 2.82. The van der Waals surface area contributed by atoms with Gasteiger partial charge in [0.25, 0.3) is 0 Å². The maximum absolute atomic E-state index is 5.91. The molecule has 0 heterocycles. The average molecular weight is 185 g/mol. The van der Waals surface area contributed by atoms with E-state index < -0.39 is 9.04 Å². The monoisotopic (exact) mass is 185 g/mol. The number of hydrogen-bond donors (Lipinski definition) is 0. The summed E-state index contributed by atoms with van der Waals surface area (Å²) in [6, 6.07) is 0. The zero-order chi connectivity index (χ0) is 9.14. The quantitative estimate of drug-likeness (QED) is 0.601. The lowest BCUT2D eigenvalue weighted by Gasteiger charge is -2.32. The third-order valence-corrected chi connectivity index (χ3v) is 3.76. The molecular weight excluding hydrogens is 164 g/mol. The average Bonchev–Trinajstić information content (AvgIpc) is 1.96. The van der Waals surface area contributed by atoms with Gasteiger partial charge in [-0.05, 0) is 44.2 Å². The molecule has 1 rings (SSSR count). The highest BCUT2D eigenvalue weighted by atomic mass is 28.3. The van der Waals surface area contributed by atoms with E-state index in [0.717, 1.165) is 11.8 Å². The summed E-state index contributed by atoms with van der Waals surface area (Å²) in [5, 5.41) is 0. The summed E-state index contributed by atoms with van der Waals surface area (Å²) in [6.07, 6.45) is 4.53. The van der Waals surface area contributed by atoms with Crippen molar-refractivity contribution in [3.05, 3.63) is 0 Å². The van der Waals surface area contributed by atoms with Gasteiger partial charge in [-0.3, -0.25) is 0 Å². The first-order valence-electron chi connectivity index (χ1n) is 5.06. The second-order valence-corrected chi connectivity index (χ2v) is 6.47. The molecule has 12 heavy (non-hydrogen) atoms. The minimum absolute atomic E-state index is 0.474. The SMILES string of the molecule is CC1CCC(O[Si](C)C)CC1C. The molecule has 0 aromatic carbocycles. The van der Waals surface area contributed by atoms with E-state index in [1.807, 2.05) is 0 Å². The van der Waals surface area contributed by atoms with E-state index in [2.05, 4.69) is 26.9 Å². The topological polar surface area (TPSA) is 9.23 Å². The van der Waals surface area contributed by atoms with E-state index in [1.54, 1.807) is 0 Å². The van der Waals surface area contributed by atoms with E-state index in [9.17, 15) is 0 Å². The summed E-state index contributed by atoms with van der Waals surface area (Å²) in [6.45, 7) is 9.18. The molecule has 0 amide bonds. The lowest BCUT2D eigenvalue weighted by atomic mass is 9.80. The Bertz CT molecular complexity index is 136. The van der Waals surface area contributed by atoms with Crippen LogP contribution in [0.5, 0.6) is 0 Å². The van der Waals surface area contributed by atoms with Crippen LogP contribution in [0, 0.1) is 11.8 Å². The molecule has 1 nitrogen and oxygen atoms in total. The van der Waals surface area contributed by atoms with Gasteiger partial charge in [0.1, 0.15) is 0 Å². The highest BCUT2D eigenvalue weighted by Crippen LogP contribution is 2.31. The Balaban J connectivity index is 2.30. The molecule has 1 saturated carbocycles. The maximum atomic E-state index is 5.91. The van der Waals surface area contributed by atoms with Crippen molar-refractivity contribution in [2.24, 2.45) is 11.8 Å². The second kappa shape index (κ2) is 4.42. The molecule has 3 atom stereocenters. The first-order valence-corrected chi connectivity index (χ1v) is 7.47. The van der Waals surface area contributed by atoms with Crippen LogP contribution in [0.2, 0.25) is 13.1 Å². The van der Waals surface area contributed by atoms with Crippen molar-refractivity contribution in [2.45, 2.75) is 52.3 Å². The summed E-state index contributed by atoms with van der Waals surface area (Å²) >= 11 is 0. The Morgan fingerprint density at radius 1 is 1.08 bits per heavy atom. The molecule has 0 bridgehead atoms. The van der Waals surface area contributed by atoms with Crippen LogP contribution in [-0.2, 0) is 4.43 Å². The molecule has 1 radical (unpaired) electrons. The molecule has 3 unspecified atom stereocenters. The normalized spacial score (nSPS) is 37.2. The fourth-order valence-electron chi connectivity index (χ4n) is 1.94. The summed E-state index contributed by atoms with van der Waals surface area (Å²) < 4.78 is 5.91. The predicted octanol–water partition coefficient (Wildman–Crippen LogP) is 3.08. The minimum Gasteiger partial charge on any atom is -0.414 e. The van der Waals surface area contributed by atoms with Crippen LogP contribution in [0.4, 0.5) is 0 Å². The summed E-state index contributed by atoms with van der Waals surface area (Å²) in [5.74, 6) is 1.78. The van der Waals surface area contributed by atoms with Crippen molar-refractivity contribution in [3.8, 4) is 0 Å². The highest BCUT2D eigenvalue weighted by molar-refractivity contribution is 6.48. The van der Waals surface area contributed by atoms with Crippen LogP contribution < -0.4 is 0 Å². The smallest absolute Gasteiger partial charge is 0.205 e. The van der Waals surface area contributed by atoms with Gasteiger partial charge in [0.05, 0.1) is 0 Å². The Morgan fingerprint density at radius 3 is 2.25 bits per heavy atom. The third kappa shape index (κ3) is 2.90. The van der Waals surface area contributed by atoms with E-state index >= 15 is 0 Å². The van der Waals surface area contributed by atoms with Gasteiger partial charge in [0.2, 0.25) is 9.04 Å². The van der Waals surface area contributed by atoms with Crippen molar-refractivity contribution >= 4 is 9.04 Å². The Kier molecular flexibility index (Phi) is 3.78. The van der Waals surface area contributed by atoms with Crippen LogP contribution in [0.15, 0.2) is 0 Å². The van der Waals surface area contributed by atoms with Crippen LogP contribution in [0.3, 0.4) is 0 Å². The van der Waals surface area contributed by atoms with Gasteiger partial charge in [0, 0.05) is 6.10 Å². The molecule has 0 aromatic heterocycles. The zero-order valence-electron chi connectivity index (χ0n) is 8.76. The lowest BCUT2D eigenvalue weighted by molar-refractivity contribution is 0.101. The molecule has 0 aliphatic heterocycles. The van der Waals surface area contributed by atoms with E-state index in [4.69, 9.17) is 4.43 Å². The van der Waals surface area contributed by atoms with Crippen LogP contribution in [-0.4, -0.2) is 15.1 Å². The molecule has 0 saturated heterocycles. The van der Waals surface area contributed by atoms with Gasteiger partial charge < -0.3 is 4.43 Å². The first-order chi connectivity index (χ1) is 5.59. The van der Waals surface area contributed by atoms with Gasteiger partial charge in [-0.1, -0.05) is 13.8 Å². The fraction of sp³-hybridized carbons (Fsp3) is 1.00. The standard InChI is InChI=1S/C10H21OSi/c1-8-5-6-10(7-9(8)2)11-12(3)4/h8-10H,5-7H2,1-4H3. The van der Waals surface area contributed by atoms with Crippen molar-refractivity contribution in [3.63, 3.8) is 0 Å². The van der Waals surface area contributed by atoms with Gasteiger partial charge in [-0.25, -0.2) is 0 Å². The molecule has 0 aromatic rings. The maximum Gasteiger partial charge on any atom is 0.205 e. The predicted molar refractivity (Wildman–Crippen MR) is 54.5 cm³/mol. The van der Waals surface area contributed by atoms with Gasteiger partial charge >= 0.3 is 0 Å². The molecule has 0 N–H and O–H groups in total. The van der Waals surface area contributed by atoms with Crippen LogP contribution in [0.1, 0.15) is 33.1 Å². The molecule has 71 valence electrons. The van der Waals surface area contributed by atoms with Gasteiger partial charge in [-0.2, -0.15) is 0 Å². The molecular formula is C10H21OSi. The Hall–Kier alpha value is 0.177. The molecule has 1 aliphatic rings. The van der Waals surface area contributed by atoms with Crippen molar-refractivity contribution in [1.29, 1.82) is 0 Å². The Morgan fingerprint density at radius 2 is 1.75 bits per heavy atom. The van der Waals surface area contributed by atoms with E-state index in [1.165, 1.54) is 19.3 Å². The van der Waals surface area contributed by atoms with Crippen LogP contribution >= 0.6 is 0 Å². The largest absolute Gasteiger partial charge is 0.414 e. The van der Waals surface area contributed by atoms with Gasteiger partial charge in [0.15, 0.2) is 0 Å². The number of rotatable bonds is 2. The first kappa shape index (κ1) is 10.3. The summed E-state index contributed by atoms with van der Waals surface area (Å²) in [7, 11) is -0.474. The second-order valence-electron chi connectivity index (χ2n) is 4.42. The Labute approximate surface area is 78.2 Å². The van der Waals surface area contributed by atoms with Crippen molar-refractivity contribution in [2.75, 3.05) is 0 Å². The minimum atomic E-state index is -0.474.